The Morgan fingerprint density at radius 2 is 2.35 bits per heavy atom. The summed E-state index contributed by atoms with van der Waals surface area (Å²) in [6, 6.07) is 7.67. The number of aromatic nitrogens is 2. The smallest absolute Gasteiger partial charge is 0.256 e. The lowest BCUT2D eigenvalue weighted by molar-refractivity contribution is -0.157. The molecule has 1 fully saturated rings. The molecule has 0 bridgehead atoms. The number of rotatable bonds is 8. The van der Waals surface area contributed by atoms with Gasteiger partial charge in [-0.25, -0.2) is 4.98 Å². The van der Waals surface area contributed by atoms with Crippen LogP contribution < -0.4 is 10.1 Å². The molecule has 1 amide bonds. The van der Waals surface area contributed by atoms with E-state index >= 15 is 0 Å². The maximum Gasteiger partial charge on any atom is 0.256 e. The van der Waals surface area contributed by atoms with E-state index < -0.39 is 5.60 Å². The highest BCUT2D eigenvalue weighted by atomic mass is 16.5. The summed E-state index contributed by atoms with van der Waals surface area (Å²) >= 11 is 0. The molecule has 26 heavy (non-hydrogen) atoms. The van der Waals surface area contributed by atoms with Crippen LogP contribution in [0.25, 0.3) is 0 Å². The Morgan fingerprint density at radius 1 is 1.46 bits per heavy atom. The van der Waals surface area contributed by atoms with Crippen LogP contribution in [0.1, 0.15) is 24.1 Å². The summed E-state index contributed by atoms with van der Waals surface area (Å²) in [6.07, 6.45) is 5.46. The summed E-state index contributed by atoms with van der Waals surface area (Å²) in [5.41, 5.74) is 0.679. The van der Waals surface area contributed by atoms with Gasteiger partial charge in [-0.2, -0.15) is 0 Å². The van der Waals surface area contributed by atoms with E-state index in [1.54, 1.807) is 24.5 Å². The molecule has 2 aromatic rings. The molecule has 1 aromatic carbocycles. The summed E-state index contributed by atoms with van der Waals surface area (Å²) in [4.78, 5) is 21.6. The number of aromatic amines is 1. The van der Waals surface area contributed by atoms with Crippen molar-refractivity contribution in [3.05, 3.63) is 48.0 Å². The van der Waals surface area contributed by atoms with E-state index in [0.717, 1.165) is 29.8 Å². The number of hydrogen-bond donors (Lipinski definition) is 3. The predicted octanol–water partition coefficient (Wildman–Crippen LogP) is 1.10. The van der Waals surface area contributed by atoms with Gasteiger partial charge in [-0.1, -0.05) is 12.1 Å². The van der Waals surface area contributed by atoms with Crippen LogP contribution in [0.4, 0.5) is 0 Å². The van der Waals surface area contributed by atoms with Gasteiger partial charge in [-0.15, -0.1) is 0 Å². The lowest BCUT2D eigenvalue weighted by atomic mass is 9.91. The van der Waals surface area contributed by atoms with E-state index in [1.807, 2.05) is 24.3 Å². The number of ether oxygens (including phenoxy) is 1. The van der Waals surface area contributed by atoms with Crippen LogP contribution in [0, 0.1) is 0 Å². The van der Waals surface area contributed by atoms with E-state index in [0.29, 0.717) is 26.1 Å². The lowest BCUT2D eigenvalue weighted by Gasteiger charge is -2.38. The zero-order valence-corrected chi connectivity index (χ0v) is 15.1. The van der Waals surface area contributed by atoms with Crippen molar-refractivity contribution in [1.82, 2.24) is 20.2 Å². The van der Waals surface area contributed by atoms with Crippen LogP contribution in [0.5, 0.6) is 5.75 Å². The average molecular weight is 358 g/mol. The van der Waals surface area contributed by atoms with E-state index in [1.165, 1.54) is 0 Å². The minimum atomic E-state index is -1.34. The van der Waals surface area contributed by atoms with Crippen molar-refractivity contribution in [3.63, 3.8) is 0 Å². The fourth-order valence-corrected chi connectivity index (χ4v) is 3.31. The standard InChI is InChI=1S/C19H26N4O3/c1-26-17-5-2-4-15(10-17)12-23-9-3-7-19(25,18(23)24)13-20-8-6-16-11-21-14-22-16/h2,4-5,10-11,14,20,25H,3,6-9,12-13H2,1H3,(H,21,22)/t19-/m1/s1. The molecule has 1 saturated heterocycles. The van der Waals surface area contributed by atoms with E-state index in [2.05, 4.69) is 15.3 Å². The van der Waals surface area contributed by atoms with Crippen LogP contribution in [0.3, 0.4) is 0 Å². The third-order valence-electron chi connectivity index (χ3n) is 4.75. The molecule has 1 aliphatic heterocycles. The van der Waals surface area contributed by atoms with Gasteiger partial charge in [0.15, 0.2) is 5.60 Å². The Morgan fingerprint density at radius 3 is 3.12 bits per heavy atom. The molecule has 2 heterocycles. The zero-order valence-electron chi connectivity index (χ0n) is 15.1. The third-order valence-corrected chi connectivity index (χ3v) is 4.75. The largest absolute Gasteiger partial charge is 0.497 e. The Balaban J connectivity index is 1.55. The number of aliphatic hydroxyl groups is 1. The van der Waals surface area contributed by atoms with Gasteiger partial charge in [0.1, 0.15) is 5.75 Å². The van der Waals surface area contributed by atoms with Crippen molar-refractivity contribution < 1.29 is 14.6 Å². The molecule has 7 heteroatoms. The quantitative estimate of drug-likeness (QED) is 0.615. The number of piperidine rings is 1. The van der Waals surface area contributed by atoms with Crippen molar-refractivity contribution in [2.75, 3.05) is 26.7 Å². The first-order valence-corrected chi connectivity index (χ1v) is 8.93. The van der Waals surface area contributed by atoms with Gasteiger partial charge in [0, 0.05) is 44.5 Å². The van der Waals surface area contributed by atoms with Crippen molar-refractivity contribution in [1.29, 1.82) is 0 Å². The normalized spacial score (nSPS) is 20.4. The molecule has 1 atom stereocenters. The van der Waals surface area contributed by atoms with E-state index in [4.69, 9.17) is 4.74 Å². The molecule has 3 rings (SSSR count). The number of amides is 1. The van der Waals surface area contributed by atoms with Crippen LogP contribution >= 0.6 is 0 Å². The number of H-pyrrole nitrogens is 1. The second-order valence-corrected chi connectivity index (χ2v) is 6.72. The fraction of sp³-hybridized carbons (Fsp3) is 0.474. The van der Waals surface area contributed by atoms with Crippen LogP contribution in [0.2, 0.25) is 0 Å². The third kappa shape index (κ3) is 4.42. The second-order valence-electron chi connectivity index (χ2n) is 6.72. The Bertz CT molecular complexity index is 719. The SMILES string of the molecule is COc1cccc(CN2CCC[C@@](O)(CNCCc3cnc[nH]3)C2=O)c1. The molecule has 0 aliphatic carbocycles. The highest BCUT2D eigenvalue weighted by Gasteiger charge is 2.41. The number of carbonyl (C=O) groups excluding carboxylic acids is 1. The number of imidazole rings is 1. The zero-order chi connectivity index (χ0) is 18.4. The van der Waals surface area contributed by atoms with Gasteiger partial charge in [0.05, 0.1) is 13.4 Å². The second kappa shape index (κ2) is 8.33. The number of likely N-dealkylation sites (tertiary alicyclic amines) is 1. The first-order chi connectivity index (χ1) is 12.6. The maximum absolute atomic E-state index is 12.8. The molecular weight excluding hydrogens is 332 g/mol. The highest BCUT2D eigenvalue weighted by molar-refractivity contribution is 5.86. The number of benzene rings is 1. The van der Waals surface area contributed by atoms with E-state index in [9.17, 15) is 9.90 Å². The molecular formula is C19H26N4O3. The number of hydrogen-bond acceptors (Lipinski definition) is 5. The van der Waals surface area contributed by atoms with Gasteiger partial charge in [0.25, 0.3) is 5.91 Å². The van der Waals surface area contributed by atoms with Gasteiger partial charge in [0.2, 0.25) is 0 Å². The predicted molar refractivity (Wildman–Crippen MR) is 97.8 cm³/mol. The van der Waals surface area contributed by atoms with Crippen LogP contribution in [-0.4, -0.2) is 58.2 Å². The van der Waals surface area contributed by atoms with Gasteiger partial charge < -0.3 is 25.0 Å². The average Bonchev–Trinajstić information content (AvgIpc) is 3.17. The molecule has 1 aliphatic rings. The molecule has 140 valence electrons. The number of methoxy groups -OCH3 is 1. The lowest BCUT2D eigenvalue weighted by Crippen LogP contribution is -2.57. The maximum atomic E-state index is 12.8. The highest BCUT2D eigenvalue weighted by Crippen LogP contribution is 2.24. The Kier molecular flexibility index (Phi) is 5.90. The van der Waals surface area contributed by atoms with E-state index in [-0.39, 0.29) is 12.5 Å². The molecule has 1 aromatic heterocycles. The first kappa shape index (κ1) is 18.4. The number of carbonyl (C=O) groups is 1. The minimum Gasteiger partial charge on any atom is -0.497 e. The molecule has 3 N–H and O–H groups in total. The van der Waals surface area contributed by atoms with Gasteiger partial charge in [-0.05, 0) is 30.5 Å². The molecule has 0 radical (unpaired) electrons. The van der Waals surface area contributed by atoms with Crippen LogP contribution in [-0.2, 0) is 17.8 Å². The van der Waals surface area contributed by atoms with Crippen molar-refractivity contribution in [3.8, 4) is 5.75 Å². The molecule has 7 nitrogen and oxygen atoms in total. The number of nitrogens with zero attached hydrogens (tertiary/aromatic N) is 2. The number of nitrogens with one attached hydrogen (secondary N) is 2. The summed E-state index contributed by atoms with van der Waals surface area (Å²) in [5, 5.41) is 14.0. The van der Waals surface area contributed by atoms with Gasteiger partial charge in [-0.3, -0.25) is 4.79 Å². The first-order valence-electron chi connectivity index (χ1n) is 8.93. The van der Waals surface area contributed by atoms with Crippen molar-refractivity contribution in [2.45, 2.75) is 31.4 Å². The molecule has 0 unspecified atom stereocenters. The van der Waals surface area contributed by atoms with Crippen molar-refractivity contribution >= 4 is 5.91 Å². The summed E-state index contributed by atoms with van der Waals surface area (Å²) in [7, 11) is 1.62. The fourth-order valence-electron chi connectivity index (χ4n) is 3.31. The Hall–Kier alpha value is -2.38. The summed E-state index contributed by atoms with van der Waals surface area (Å²) in [5.74, 6) is 0.559. The monoisotopic (exact) mass is 358 g/mol. The van der Waals surface area contributed by atoms with Crippen molar-refractivity contribution in [2.24, 2.45) is 0 Å². The topological polar surface area (TPSA) is 90.5 Å². The molecule has 0 spiro atoms. The summed E-state index contributed by atoms with van der Waals surface area (Å²) in [6.45, 7) is 2.07. The van der Waals surface area contributed by atoms with Crippen LogP contribution in [0.15, 0.2) is 36.8 Å². The summed E-state index contributed by atoms with van der Waals surface area (Å²) < 4.78 is 5.24. The Labute approximate surface area is 153 Å². The molecule has 0 saturated carbocycles. The minimum absolute atomic E-state index is 0.208. The van der Waals surface area contributed by atoms with Gasteiger partial charge >= 0.3 is 0 Å².